The van der Waals surface area contributed by atoms with Gasteiger partial charge in [-0.3, -0.25) is 4.79 Å². The van der Waals surface area contributed by atoms with Crippen molar-refractivity contribution in [3.63, 3.8) is 0 Å². The quantitative estimate of drug-likeness (QED) is 0.833. The van der Waals surface area contributed by atoms with Gasteiger partial charge in [-0.05, 0) is 35.4 Å². The third kappa shape index (κ3) is 2.30. The van der Waals surface area contributed by atoms with Gasteiger partial charge in [0.25, 0.3) is 0 Å². The lowest BCUT2D eigenvalue weighted by Crippen LogP contribution is -2.58. The molecule has 1 fully saturated rings. The van der Waals surface area contributed by atoms with Crippen LogP contribution in [-0.2, 0) is 10.2 Å². The fraction of sp³-hybridized carbons (Fsp3) is 0.250. The van der Waals surface area contributed by atoms with Crippen molar-refractivity contribution in [3.8, 4) is 0 Å². The highest BCUT2D eigenvalue weighted by molar-refractivity contribution is 6.42. The second kappa shape index (κ2) is 5.52. The molecule has 1 atom stereocenters. The summed E-state index contributed by atoms with van der Waals surface area (Å²) in [5, 5.41) is 4.25. The summed E-state index contributed by atoms with van der Waals surface area (Å²) in [6.45, 7) is 4.68. The molecule has 1 unspecified atom stereocenters. The molecule has 0 aromatic heterocycles. The summed E-state index contributed by atoms with van der Waals surface area (Å²) in [4.78, 5) is 14.4. The number of anilines is 1. The standard InChI is InChI=1S/C20H18Cl2N2O/c1-19(2)14-5-3-4-6-17(14)24-12-18(25)23-20(19,24)10-9-13-7-8-15(21)16(22)11-13/h3-11H,12H2,1-2H3,(H,23,25). The van der Waals surface area contributed by atoms with Crippen molar-refractivity contribution in [2.75, 3.05) is 11.4 Å². The first-order chi connectivity index (χ1) is 11.8. The van der Waals surface area contributed by atoms with Crippen LogP contribution in [0.15, 0.2) is 48.5 Å². The van der Waals surface area contributed by atoms with Crippen molar-refractivity contribution >= 4 is 40.9 Å². The first kappa shape index (κ1) is 16.5. The maximum atomic E-state index is 12.2. The monoisotopic (exact) mass is 372 g/mol. The van der Waals surface area contributed by atoms with Crippen LogP contribution in [0.1, 0.15) is 25.0 Å². The van der Waals surface area contributed by atoms with Gasteiger partial charge >= 0.3 is 0 Å². The largest absolute Gasteiger partial charge is 0.335 e. The zero-order valence-corrected chi connectivity index (χ0v) is 15.5. The first-order valence-electron chi connectivity index (χ1n) is 8.18. The summed E-state index contributed by atoms with van der Waals surface area (Å²) < 4.78 is 0. The molecule has 5 heteroatoms. The van der Waals surface area contributed by atoms with Crippen LogP contribution in [0.3, 0.4) is 0 Å². The molecule has 0 radical (unpaired) electrons. The van der Waals surface area contributed by atoms with Crippen LogP contribution in [0, 0.1) is 0 Å². The van der Waals surface area contributed by atoms with Gasteiger partial charge in [0.05, 0.1) is 16.6 Å². The summed E-state index contributed by atoms with van der Waals surface area (Å²) in [6.07, 6.45) is 4.06. The molecule has 2 aromatic carbocycles. The Kier molecular flexibility index (Phi) is 3.64. The molecule has 3 nitrogen and oxygen atoms in total. The molecule has 2 aliphatic rings. The van der Waals surface area contributed by atoms with Crippen molar-refractivity contribution in [2.24, 2.45) is 0 Å². The number of hydrogen-bond donors (Lipinski definition) is 1. The van der Waals surface area contributed by atoms with Crippen molar-refractivity contribution in [1.29, 1.82) is 0 Å². The Morgan fingerprint density at radius 3 is 2.64 bits per heavy atom. The molecule has 1 saturated heterocycles. The van der Waals surface area contributed by atoms with E-state index in [1.54, 1.807) is 6.07 Å². The fourth-order valence-electron chi connectivity index (χ4n) is 3.97. The Balaban J connectivity index is 1.82. The SMILES string of the molecule is CC1(C)c2ccccc2N2CC(=O)NC21C=Cc1ccc(Cl)c(Cl)c1. The topological polar surface area (TPSA) is 32.3 Å². The number of nitrogens with one attached hydrogen (secondary N) is 1. The van der Waals surface area contributed by atoms with E-state index in [1.165, 1.54) is 5.56 Å². The number of amides is 1. The van der Waals surface area contributed by atoms with E-state index >= 15 is 0 Å². The number of hydrogen-bond acceptors (Lipinski definition) is 2. The van der Waals surface area contributed by atoms with E-state index in [2.05, 4.69) is 42.3 Å². The van der Waals surface area contributed by atoms with Gasteiger partial charge in [-0.2, -0.15) is 0 Å². The van der Waals surface area contributed by atoms with E-state index in [0.717, 1.165) is 11.3 Å². The fourth-order valence-corrected chi connectivity index (χ4v) is 4.28. The van der Waals surface area contributed by atoms with E-state index in [-0.39, 0.29) is 11.3 Å². The third-order valence-electron chi connectivity index (χ3n) is 5.34. The summed E-state index contributed by atoms with van der Waals surface area (Å²) in [7, 11) is 0. The van der Waals surface area contributed by atoms with Crippen LogP contribution in [0.5, 0.6) is 0 Å². The van der Waals surface area contributed by atoms with Crippen LogP contribution in [0.25, 0.3) is 6.08 Å². The minimum Gasteiger partial charge on any atom is -0.335 e. The van der Waals surface area contributed by atoms with Crippen LogP contribution < -0.4 is 10.2 Å². The number of rotatable bonds is 2. The average molecular weight is 373 g/mol. The van der Waals surface area contributed by atoms with E-state index in [4.69, 9.17) is 23.2 Å². The molecule has 0 bridgehead atoms. The molecule has 4 rings (SSSR count). The minimum atomic E-state index is -0.597. The summed E-state index contributed by atoms with van der Waals surface area (Å²) >= 11 is 12.1. The van der Waals surface area contributed by atoms with Crippen molar-refractivity contribution in [2.45, 2.75) is 24.9 Å². The second-order valence-corrected chi connectivity index (χ2v) is 7.86. The summed E-state index contributed by atoms with van der Waals surface area (Å²) in [5.41, 5.74) is 2.40. The predicted molar refractivity (Wildman–Crippen MR) is 103 cm³/mol. The van der Waals surface area contributed by atoms with Crippen molar-refractivity contribution < 1.29 is 4.79 Å². The highest BCUT2D eigenvalue weighted by Crippen LogP contribution is 2.52. The van der Waals surface area contributed by atoms with E-state index in [0.29, 0.717) is 16.6 Å². The lowest BCUT2D eigenvalue weighted by atomic mass is 9.75. The van der Waals surface area contributed by atoms with Crippen LogP contribution >= 0.6 is 23.2 Å². The molecule has 1 N–H and O–H groups in total. The maximum Gasteiger partial charge on any atom is 0.241 e. The number of para-hydroxylation sites is 1. The van der Waals surface area contributed by atoms with E-state index in [9.17, 15) is 4.79 Å². The normalized spacial score (nSPS) is 23.7. The molecule has 128 valence electrons. The van der Waals surface area contributed by atoms with Gasteiger partial charge in [0.2, 0.25) is 5.91 Å². The first-order valence-corrected chi connectivity index (χ1v) is 8.93. The van der Waals surface area contributed by atoms with E-state index in [1.807, 2.05) is 30.3 Å². The zero-order chi connectivity index (χ0) is 17.8. The highest BCUT2D eigenvalue weighted by atomic mass is 35.5. The van der Waals surface area contributed by atoms with Crippen LogP contribution in [0.2, 0.25) is 10.0 Å². The highest BCUT2D eigenvalue weighted by Gasteiger charge is 2.59. The molecule has 2 aliphatic heterocycles. The number of nitrogens with zero attached hydrogens (tertiary/aromatic N) is 1. The zero-order valence-electron chi connectivity index (χ0n) is 14.0. The Bertz CT molecular complexity index is 906. The molecule has 25 heavy (non-hydrogen) atoms. The minimum absolute atomic E-state index is 0.0290. The van der Waals surface area contributed by atoms with Gasteiger partial charge in [0.15, 0.2) is 0 Å². The summed E-state index contributed by atoms with van der Waals surface area (Å²) in [6, 6.07) is 13.8. The van der Waals surface area contributed by atoms with E-state index < -0.39 is 5.66 Å². The Morgan fingerprint density at radius 2 is 1.88 bits per heavy atom. The molecule has 0 saturated carbocycles. The maximum absolute atomic E-state index is 12.2. The molecule has 0 spiro atoms. The molecular weight excluding hydrogens is 355 g/mol. The Labute approximate surface area is 157 Å². The molecule has 0 aliphatic carbocycles. The predicted octanol–water partition coefficient (Wildman–Crippen LogP) is 4.63. The van der Waals surface area contributed by atoms with Crippen LogP contribution in [-0.4, -0.2) is 18.1 Å². The van der Waals surface area contributed by atoms with Crippen molar-refractivity contribution in [1.82, 2.24) is 5.32 Å². The van der Waals surface area contributed by atoms with Gasteiger partial charge < -0.3 is 10.2 Å². The Morgan fingerprint density at radius 1 is 1.12 bits per heavy atom. The summed E-state index contributed by atoms with van der Waals surface area (Å²) in [5.74, 6) is 0.0290. The number of benzene rings is 2. The molecule has 2 aromatic rings. The second-order valence-electron chi connectivity index (χ2n) is 7.05. The number of carbonyl (C=O) groups is 1. The lowest BCUT2D eigenvalue weighted by Gasteiger charge is -2.40. The third-order valence-corrected chi connectivity index (χ3v) is 6.08. The smallest absolute Gasteiger partial charge is 0.241 e. The average Bonchev–Trinajstić information content (AvgIpc) is 3.01. The van der Waals surface area contributed by atoms with Gasteiger partial charge in [-0.25, -0.2) is 0 Å². The van der Waals surface area contributed by atoms with Crippen LogP contribution in [0.4, 0.5) is 5.69 Å². The molecule has 2 heterocycles. The number of fused-ring (bicyclic) bond motifs is 3. The van der Waals surface area contributed by atoms with Gasteiger partial charge in [-0.15, -0.1) is 0 Å². The number of carbonyl (C=O) groups excluding carboxylic acids is 1. The lowest BCUT2D eigenvalue weighted by molar-refractivity contribution is -0.118. The van der Waals surface area contributed by atoms with Gasteiger partial charge in [0, 0.05) is 11.1 Å². The van der Waals surface area contributed by atoms with Gasteiger partial charge in [0.1, 0.15) is 5.66 Å². The molecular formula is C20H18Cl2N2O. The Hall–Kier alpha value is -1.97. The molecule has 1 amide bonds. The van der Waals surface area contributed by atoms with Crippen molar-refractivity contribution in [3.05, 3.63) is 69.7 Å². The van der Waals surface area contributed by atoms with Gasteiger partial charge in [-0.1, -0.05) is 67.4 Å². The number of halogens is 2.